The average Bonchev–Trinajstić information content (AvgIpc) is 2.91. The third-order valence-corrected chi connectivity index (χ3v) is 4.66. The molecule has 112 valence electrons. The highest BCUT2D eigenvalue weighted by Gasteiger charge is 2.35. The van der Waals surface area contributed by atoms with E-state index in [0.29, 0.717) is 23.2 Å². The molecule has 0 radical (unpaired) electrons. The molecule has 1 saturated heterocycles. The fourth-order valence-electron chi connectivity index (χ4n) is 3.06. The number of likely N-dealkylation sites (tertiary alicyclic amines) is 1. The van der Waals surface area contributed by atoms with Crippen molar-refractivity contribution in [3.63, 3.8) is 0 Å². The standard InChI is InChI=1S/C17H23N3O/c1-3-17(4-2)8-9-20(13-17)12-16(21)19-15-7-5-6-14(10-15)11-18/h5-7,10H,3-4,8-9,12-13H2,1-2H3,(H,19,21). The van der Waals surface area contributed by atoms with Gasteiger partial charge < -0.3 is 5.32 Å². The number of nitriles is 1. The van der Waals surface area contributed by atoms with E-state index in [2.05, 4.69) is 30.1 Å². The van der Waals surface area contributed by atoms with E-state index in [1.807, 2.05) is 6.07 Å². The van der Waals surface area contributed by atoms with Crippen LogP contribution in [-0.4, -0.2) is 30.4 Å². The second kappa shape index (κ2) is 6.73. The van der Waals surface area contributed by atoms with E-state index in [0.717, 1.165) is 13.1 Å². The van der Waals surface area contributed by atoms with Crippen LogP contribution in [0.3, 0.4) is 0 Å². The zero-order valence-electron chi connectivity index (χ0n) is 12.9. The van der Waals surface area contributed by atoms with Crippen molar-refractivity contribution in [3.8, 4) is 6.07 Å². The summed E-state index contributed by atoms with van der Waals surface area (Å²) in [5.41, 5.74) is 1.64. The van der Waals surface area contributed by atoms with E-state index >= 15 is 0 Å². The van der Waals surface area contributed by atoms with Crippen LogP contribution >= 0.6 is 0 Å². The van der Waals surface area contributed by atoms with Gasteiger partial charge in [0.1, 0.15) is 0 Å². The van der Waals surface area contributed by atoms with Crippen molar-refractivity contribution in [2.75, 3.05) is 25.0 Å². The molecule has 0 aromatic heterocycles. The Hall–Kier alpha value is -1.86. The highest BCUT2D eigenvalue weighted by molar-refractivity contribution is 5.92. The fourth-order valence-corrected chi connectivity index (χ4v) is 3.06. The molecule has 0 saturated carbocycles. The van der Waals surface area contributed by atoms with Gasteiger partial charge in [-0.15, -0.1) is 0 Å². The molecule has 1 aromatic rings. The van der Waals surface area contributed by atoms with Gasteiger partial charge in [0.25, 0.3) is 0 Å². The van der Waals surface area contributed by atoms with Gasteiger partial charge in [0.2, 0.25) is 5.91 Å². The van der Waals surface area contributed by atoms with Crippen molar-refractivity contribution in [3.05, 3.63) is 29.8 Å². The second-order valence-corrected chi connectivity index (χ2v) is 5.91. The third-order valence-electron chi connectivity index (χ3n) is 4.66. The average molecular weight is 285 g/mol. The predicted octanol–water partition coefficient (Wildman–Crippen LogP) is 3.01. The van der Waals surface area contributed by atoms with E-state index in [4.69, 9.17) is 5.26 Å². The van der Waals surface area contributed by atoms with Crippen molar-refractivity contribution in [2.24, 2.45) is 5.41 Å². The van der Waals surface area contributed by atoms with Gasteiger partial charge in [0, 0.05) is 12.2 Å². The highest BCUT2D eigenvalue weighted by Crippen LogP contribution is 2.36. The monoisotopic (exact) mass is 285 g/mol. The largest absolute Gasteiger partial charge is 0.325 e. The summed E-state index contributed by atoms with van der Waals surface area (Å²) in [5.74, 6) is -0.00639. The van der Waals surface area contributed by atoms with Gasteiger partial charge >= 0.3 is 0 Å². The van der Waals surface area contributed by atoms with Crippen LogP contribution in [0, 0.1) is 16.7 Å². The molecule has 0 unspecified atom stereocenters. The Morgan fingerprint density at radius 3 is 2.81 bits per heavy atom. The molecule has 2 rings (SSSR count). The van der Waals surface area contributed by atoms with Crippen LogP contribution in [0.25, 0.3) is 0 Å². The van der Waals surface area contributed by atoms with Crippen LogP contribution in [0.1, 0.15) is 38.7 Å². The molecule has 0 spiro atoms. The molecule has 0 atom stereocenters. The predicted molar refractivity (Wildman–Crippen MR) is 83.9 cm³/mol. The summed E-state index contributed by atoms with van der Waals surface area (Å²) in [7, 11) is 0. The Kier molecular flexibility index (Phi) is 4.98. The number of nitrogens with zero attached hydrogens (tertiary/aromatic N) is 2. The zero-order chi connectivity index (χ0) is 15.3. The van der Waals surface area contributed by atoms with E-state index in [9.17, 15) is 4.79 Å². The minimum atomic E-state index is -0.00639. The Morgan fingerprint density at radius 1 is 1.43 bits per heavy atom. The molecule has 1 amide bonds. The Morgan fingerprint density at radius 2 is 2.19 bits per heavy atom. The fraction of sp³-hybridized carbons (Fsp3) is 0.529. The molecule has 21 heavy (non-hydrogen) atoms. The number of rotatable bonds is 5. The quantitative estimate of drug-likeness (QED) is 0.904. The van der Waals surface area contributed by atoms with Gasteiger partial charge in [-0.05, 0) is 49.4 Å². The van der Waals surface area contributed by atoms with E-state index in [1.54, 1.807) is 18.2 Å². The molecule has 1 aliphatic heterocycles. The third kappa shape index (κ3) is 3.83. The van der Waals surface area contributed by atoms with Crippen LogP contribution in [0.4, 0.5) is 5.69 Å². The SMILES string of the molecule is CCC1(CC)CCN(CC(=O)Nc2cccc(C#N)c2)C1. The van der Waals surface area contributed by atoms with Gasteiger partial charge in [-0.2, -0.15) is 5.26 Å². The number of hydrogen-bond acceptors (Lipinski definition) is 3. The number of hydrogen-bond donors (Lipinski definition) is 1. The Labute approximate surface area is 126 Å². The van der Waals surface area contributed by atoms with Crippen molar-refractivity contribution < 1.29 is 4.79 Å². The number of nitrogens with one attached hydrogen (secondary N) is 1. The highest BCUT2D eigenvalue weighted by atomic mass is 16.2. The topological polar surface area (TPSA) is 56.1 Å². The van der Waals surface area contributed by atoms with Crippen LogP contribution in [0.15, 0.2) is 24.3 Å². The lowest BCUT2D eigenvalue weighted by atomic mass is 9.82. The van der Waals surface area contributed by atoms with Crippen molar-refractivity contribution >= 4 is 11.6 Å². The summed E-state index contributed by atoms with van der Waals surface area (Å²) < 4.78 is 0. The maximum Gasteiger partial charge on any atom is 0.238 e. The van der Waals surface area contributed by atoms with Crippen LogP contribution in [0.2, 0.25) is 0 Å². The maximum absolute atomic E-state index is 12.1. The number of anilines is 1. The van der Waals surface area contributed by atoms with Gasteiger partial charge in [-0.25, -0.2) is 0 Å². The normalized spacial score (nSPS) is 17.4. The molecule has 0 bridgehead atoms. The summed E-state index contributed by atoms with van der Waals surface area (Å²) in [6.07, 6.45) is 3.52. The lowest BCUT2D eigenvalue weighted by molar-refractivity contribution is -0.117. The summed E-state index contributed by atoms with van der Waals surface area (Å²) in [6, 6.07) is 9.10. The number of amides is 1. The first-order valence-electron chi connectivity index (χ1n) is 7.63. The number of carbonyl (C=O) groups excluding carboxylic acids is 1. The van der Waals surface area contributed by atoms with E-state index in [1.165, 1.54) is 19.3 Å². The number of carbonyl (C=O) groups is 1. The van der Waals surface area contributed by atoms with Crippen molar-refractivity contribution in [2.45, 2.75) is 33.1 Å². The second-order valence-electron chi connectivity index (χ2n) is 5.91. The molecule has 4 heteroatoms. The first-order valence-corrected chi connectivity index (χ1v) is 7.63. The molecule has 1 aromatic carbocycles. The zero-order valence-corrected chi connectivity index (χ0v) is 12.9. The molecule has 1 aliphatic rings. The molecule has 1 fully saturated rings. The molecule has 0 aliphatic carbocycles. The molecule has 1 heterocycles. The van der Waals surface area contributed by atoms with Crippen LogP contribution < -0.4 is 5.32 Å². The minimum Gasteiger partial charge on any atom is -0.325 e. The molecule has 4 nitrogen and oxygen atoms in total. The summed E-state index contributed by atoms with van der Waals surface area (Å²) in [4.78, 5) is 14.4. The molecular formula is C17H23N3O. The lowest BCUT2D eigenvalue weighted by Crippen LogP contribution is -2.33. The van der Waals surface area contributed by atoms with E-state index < -0.39 is 0 Å². The first kappa shape index (κ1) is 15.5. The Balaban J connectivity index is 1.90. The molecule has 1 N–H and O–H groups in total. The first-order chi connectivity index (χ1) is 10.1. The van der Waals surface area contributed by atoms with Crippen LogP contribution in [0.5, 0.6) is 0 Å². The van der Waals surface area contributed by atoms with E-state index in [-0.39, 0.29) is 5.91 Å². The smallest absolute Gasteiger partial charge is 0.238 e. The molecular weight excluding hydrogens is 262 g/mol. The summed E-state index contributed by atoms with van der Waals surface area (Å²) in [6.45, 7) is 6.90. The summed E-state index contributed by atoms with van der Waals surface area (Å²) in [5, 5.41) is 11.7. The van der Waals surface area contributed by atoms with Crippen molar-refractivity contribution in [1.82, 2.24) is 4.90 Å². The Bertz CT molecular complexity index is 543. The lowest BCUT2D eigenvalue weighted by Gasteiger charge is -2.26. The van der Waals surface area contributed by atoms with Gasteiger partial charge in [-0.1, -0.05) is 19.9 Å². The van der Waals surface area contributed by atoms with Gasteiger partial charge in [0.15, 0.2) is 0 Å². The number of benzene rings is 1. The van der Waals surface area contributed by atoms with Crippen molar-refractivity contribution in [1.29, 1.82) is 5.26 Å². The maximum atomic E-state index is 12.1. The minimum absolute atomic E-state index is 0.00639. The van der Waals surface area contributed by atoms with Gasteiger partial charge in [-0.3, -0.25) is 9.69 Å². The summed E-state index contributed by atoms with van der Waals surface area (Å²) >= 11 is 0. The van der Waals surface area contributed by atoms with Gasteiger partial charge in [0.05, 0.1) is 18.2 Å². The van der Waals surface area contributed by atoms with Crippen LogP contribution in [-0.2, 0) is 4.79 Å².